The minimum absolute atomic E-state index is 0.137. The Morgan fingerprint density at radius 2 is 2.00 bits per heavy atom. The monoisotopic (exact) mass is 497 g/mol. The highest BCUT2D eigenvalue weighted by Gasteiger charge is 2.23. The first kappa shape index (κ1) is 24.1. The van der Waals surface area contributed by atoms with Gasteiger partial charge in [-0.2, -0.15) is 0 Å². The molecule has 0 amide bonds. The highest BCUT2D eigenvalue weighted by atomic mass is 79.9. The molecule has 1 aliphatic heterocycles. The van der Waals surface area contributed by atoms with Crippen LogP contribution in [0.4, 0.5) is 0 Å². The number of hydrogen-bond donors (Lipinski definition) is 2. The molecule has 0 saturated carbocycles. The molecular weight excluding hydrogens is 466 g/mol. The Hall–Kier alpha value is -2.57. The van der Waals surface area contributed by atoms with E-state index >= 15 is 0 Å². The molecule has 2 aromatic rings. The number of nitrogens with zero attached hydrogens (tertiary/aromatic N) is 1. The van der Waals surface area contributed by atoms with Crippen molar-refractivity contribution in [3.8, 4) is 0 Å². The minimum Gasteiger partial charge on any atom is -0.501 e. The normalized spacial score (nSPS) is 17.4. The Morgan fingerprint density at radius 3 is 2.66 bits per heavy atom. The maximum absolute atomic E-state index is 13.4. The zero-order valence-electron chi connectivity index (χ0n) is 19.1. The van der Waals surface area contributed by atoms with Crippen LogP contribution in [0.15, 0.2) is 65.5 Å². The van der Waals surface area contributed by atoms with Gasteiger partial charge in [-0.25, -0.2) is 0 Å². The summed E-state index contributed by atoms with van der Waals surface area (Å²) in [6.07, 6.45) is 4.02. The van der Waals surface area contributed by atoms with E-state index in [0.29, 0.717) is 28.5 Å². The maximum atomic E-state index is 13.4. The number of benzene rings is 1. The highest BCUT2D eigenvalue weighted by Crippen LogP contribution is 2.29. The molecule has 0 bridgehead atoms. The number of carbonyl (C=O) groups is 1. The number of rotatable bonds is 9. The number of likely N-dealkylation sites (N-methyl/N-ethyl adjacent to an activating group) is 1. The number of hydrogen-bond acceptors (Lipinski definition) is 4. The lowest BCUT2D eigenvalue weighted by molar-refractivity contribution is 0.103. The summed E-state index contributed by atoms with van der Waals surface area (Å²) < 4.78 is 6.41. The quantitative estimate of drug-likeness (QED) is 0.203. The van der Waals surface area contributed by atoms with Crippen molar-refractivity contribution in [3.05, 3.63) is 82.3 Å². The molecule has 5 nitrogen and oxygen atoms in total. The van der Waals surface area contributed by atoms with Crippen LogP contribution in [-0.4, -0.2) is 48.5 Å². The summed E-state index contributed by atoms with van der Waals surface area (Å²) in [5.74, 6) is 0.395. The molecule has 1 saturated heterocycles. The van der Waals surface area contributed by atoms with Crippen LogP contribution in [0, 0.1) is 0 Å². The van der Waals surface area contributed by atoms with Crippen LogP contribution in [0.3, 0.4) is 0 Å². The average Bonchev–Trinajstić information content (AvgIpc) is 3.30. The van der Waals surface area contributed by atoms with Gasteiger partial charge in [0, 0.05) is 28.8 Å². The fourth-order valence-electron chi connectivity index (χ4n) is 4.04. The first-order chi connectivity index (χ1) is 15.3. The summed E-state index contributed by atoms with van der Waals surface area (Å²) in [5.41, 5.74) is 4.12. The third kappa shape index (κ3) is 5.61. The van der Waals surface area contributed by atoms with E-state index in [9.17, 15) is 4.79 Å². The van der Waals surface area contributed by atoms with E-state index in [0.717, 1.165) is 47.5 Å². The molecule has 2 N–H and O–H groups in total. The van der Waals surface area contributed by atoms with E-state index in [1.54, 1.807) is 20.2 Å². The predicted octanol–water partition coefficient (Wildman–Crippen LogP) is 5.64. The van der Waals surface area contributed by atoms with Gasteiger partial charge in [-0.3, -0.25) is 4.79 Å². The molecule has 0 aliphatic carbocycles. The number of aromatic nitrogens is 1. The fourth-order valence-corrected chi connectivity index (χ4v) is 4.30. The summed E-state index contributed by atoms with van der Waals surface area (Å²) in [5, 5.41) is 3.53. The molecule has 0 spiro atoms. The molecular formula is C26H32BrN3O2. The van der Waals surface area contributed by atoms with E-state index in [2.05, 4.69) is 51.2 Å². The molecule has 6 heteroatoms. The van der Waals surface area contributed by atoms with Crippen LogP contribution in [0.5, 0.6) is 0 Å². The summed E-state index contributed by atoms with van der Waals surface area (Å²) in [4.78, 5) is 19.1. The Morgan fingerprint density at radius 1 is 1.28 bits per heavy atom. The Kier molecular flexibility index (Phi) is 8.15. The Balaban J connectivity index is 1.78. The van der Waals surface area contributed by atoms with Gasteiger partial charge >= 0.3 is 0 Å². The molecule has 1 atom stereocenters. The third-order valence-corrected chi connectivity index (χ3v) is 6.51. The number of carbonyl (C=O) groups excluding carboxylic acids is 1. The number of piperidine rings is 1. The summed E-state index contributed by atoms with van der Waals surface area (Å²) >= 11 is 3.44. The van der Waals surface area contributed by atoms with Crippen LogP contribution in [0.25, 0.3) is 11.3 Å². The van der Waals surface area contributed by atoms with Crippen molar-refractivity contribution >= 4 is 33.0 Å². The average molecular weight is 498 g/mol. The van der Waals surface area contributed by atoms with Crippen LogP contribution >= 0.6 is 15.9 Å². The smallest absolute Gasteiger partial charge is 0.198 e. The second kappa shape index (κ2) is 10.8. The Labute approximate surface area is 199 Å². The second-order valence-corrected chi connectivity index (χ2v) is 9.02. The van der Waals surface area contributed by atoms with Gasteiger partial charge in [-0.15, -0.1) is 0 Å². The van der Waals surface area contributed by atoms with Crippen molar-refractivity contribution in [2.75, 3.05) is 26.7 Å². The largest absolute Gasteiger partial charge is 0.501 e. The number of likely N-dealkylation sites (tertiary alicyclic amines) is 1. The van der Waals surface area contributed by atoms with Gasteiger partial charge in [0.05, 0.1) is 24.1 Å². The molecule has 3 rings (SSSR count). The van der Waals surface area contributed by atoms with E-state index in [-0.39, 0.29) is 5.78 Å². The first-order valence-corrected chi connectivity index (χ1v) is 11.7. The van der Waals surface area contributed by atoms with Crippen LogP contribution in [0.2, 0.25) is 0 Å². The summed E-state index contributed by atoms with van der Waals surface area (Å²) in [7, 11) is 1.57. The molecule has 170 valence electrons. The van der Waals surface area contributed by atoms with Crippen LogP contribution in [0.1, 0.15) is 48.3 Å². The van der Waals surface area contributed by atoms with E-state index < -0.39 is 0 Å². The first-order valence-electron chi connectivity index (χ1n) is 10.9. The zero-order chi connectivity index (χ0) is 23.3. The van der Waals surface area contributed by atoms with E-state index in [1.165, 1.54) is 6.42 Å². The van der Waals surface area contributed by atoms with Gasteiger partial charge in [0.2, 0.25) is 0 Å². The molecule has 1 aliphatic rings. The molecule has 1 fully saturated rings. The van der Waals surface area contributed by atoms with Crippen molar-refractivity contribution in [1.29, 1.82) is 0 Å². The van der Waals surface area contributed by atoms with Crippen LogP contribution in [-0.2, 0) is 4.74 Å². The van der Waals surface area contributed by atoms with E-state index in [4.69, 9.17) is 4.74 Å². The van der Waals surface area contributed by atoms with Gasteiger partial charge in [-0.1, -0.05) is 48.1 Å². The van der Waals surface area contributed by atoms with Crippen LogP contribution < -0.4 is 5.32 Å². The van der Waals surface area contributed by atoms with Crippen molar-refractivity contribution in [2.45, 2.75) is 32.7 Å². The van der Waals surface area contributed by atoms with Gasteiger partial charge in [0.15, 0.2) is 5.78 Å². The minimum atomic E-state index is -0.137. The number of Topliss-reactive ketones (excluding diaryl/α,β-unsaturated/α-hetero) is 1. The van der Waals surface area contributed by atoms with Gasteiger partial charge in [0.25, 0.3) is 0 Å². The van der Waals surface area contributed by atoms with Gasteiger partial charge in [0.1, 0.15) is 5.76 Å². The number of H-pyrrole nitrogens is 1. The lowest BCUT2D eigenvalue weighted by atomic mass is 9.93. The molecule has 1 aromatic carbocycles. The summed E-state index contributed by atoms with van der Waals surface area (Å²) in [6, 6.07) is 9.93. The maximum Gasteiger partial charge on any atom is 0.198 e. The third-order valence-electron chi connectivity index (χ3n) is 5.98. The lowest BCUT2D eigenvalue weighted by Gasteiger charge is -2.33. The summed E-state index contributed by atoms with van der Waals surface area (Å²) in [6.45, 7) is 15.6. The number of ether oxygens (including phenoxy) is 1. The van der Waals surface area contributed by atoms with Crippen molar-refractivity contribution < 1.29 is 9.53 Å². The van der Waals surface area contributed by atoms with E-state index in [1.807, 2.05) is 30.3 Å². The van der Waals surface area contributed by atoms with Crippen molar-refractivity contribution in [3.63, 3.8) is 0 Å². The Bertz CT molecular complexity index is 1020. The molecule has 2 heterocycles. The number of allylic oxidation sites excluding steroid dienone is 3. The highest BCUT2D eigenvalue weighted by molar-refractivity contribution is 9.10. The molecule has 0 radical (unpaired) electrons. The number of methoxy groups -OCH3 is 1. The van der Waals surface area contributed by atoms with Crippen molar-refractivity contribution in [1.82, 2.24) is 15.2 Å². The second-order valence-electron chi connectivity index (χ2n) is 8.11. The number of aromatic amines is 1. The molecule has 32 heavy (non-hydrogen) atoms. The number of nitrogens with one attached hydrogen (secondary N) is 2. The number of ketones is 1. The zero-order valence-corrected chi connectivity index (χ0v) is 20.7. The standard InChI is InChI=1S/C26H32BrN3O2/c1-6-30-13-7-8-23(16-30)29-18(3)24-14-21(15-28-24)26(31)25(19(4)32-5)17(2)20-9-11-22(27)12-10-20/h9-12,14-15,23,28-29H,2-3,6-8,13,16H2,1,4-5H3/b25-19+. The van der Waals surface area contributed by atoms with Gasteiger partial charge < -0.3 is 19.9 Å². The fraction of sp³-hybridized carbons (Fsp3) is 0.346. The molecule has 1 unspecified atom stereocenters. The van der Waals surface area contributed by atoms with Crippen molar-refractivity contribution in [2.24, 2.45) is 0 Å². The lowest BCUT2D eigenvalue weighted by Crippen LogP contribution is -2.44. The number of halogens is 1. The van der Waals surface area contributed by atoms with Gasteiger partial charge in [-0.05, 0) is 62.2 Å². The predicted molar refractivity (Wildman–Crippen MR) is 135 cm³/mol. The SMILES string of the molecule is C=C(/C(C(=O)c1c[nH]c(C(=C)NC2CCCN(CC)C2)c1)=C(/C)OC)c1ccc(Br)cc1. The molecule has 1 aromatic heterocycles. The topological polar surface area (TPSA) is 57.4 Å².